The molecule has 0 aromatic carbocycles. The lowest BCUT2D eigenvalue weighted by Crippen LogP contribution is -2.19. The highest BCUT2D eigenvalue weighted by molar-refractivity contribution is 5.49. The third-order valence-corrected chi connectivity index (χ3v) is 3.92. The highest BCUT2D eigenvalue weighted by Crippen LogP contribution is 2.33. The first-order chi connectivity index (χ1) is 7.15. The molecule has 0 amide bonds. The Hall–Kier alpha value is -0.590. The van der Waals surface area contributed by atoms with Gasteiger partial charge in [0.1, 0.15) is 6.29 Å². The van der Waals surface area contributed by atoms with Gasteiger partial charge in [-0.1, -0.05) is 32.4 Å². The Labute approximate surface area is 93.9 Å². The van der Waals surface area contributed by atoms with Gasteiger partial charge in [-0.25, -0.2) is 0 Å². The van der Waals surface area contributed by atoms with Crippen molar-refractivity contribution in [3.63, 3.8) is 0 Å². The summed E-state index contributed by atoms with van der Waals surface area (Å²) in [6, 6.07) is 0. The predicted octanol–water partition coefficient (Wildman–Crippen LogP) is 3.98. The van der Waals surface area contributed by atoms with Crippen LogP contribution in [0.15, 0.2) is 11.6 Å². The Morgan fingerprint density at radius 3 is 2.67 bits per heavy atom. The molecule has 0 saturated carbocycles. The summed E-state index contributed by atoms with van der Waals surface area (Å²) >= 11 is 0. The lowest BCUT2D eigenvalue weighted by molar-refractivity contribution is -0.107. The van der Waals surface area contributed by atoms with Crippen LogP contribution in [0.3, 0.4) is 0 Å². The van der Waals surface area contributed by atoms with Crippen LogP contribution in [0.5, 0.6) is 0 Å². The first-order valence-corrected chi connectivity index (χ1v) is 6.26. The second-order valence-electron chi connectivity index (χ2n) is 5.21. The zero-order valence-corrected chi connectivity index (χ0v) is 10.3. The zero-order valence-electron chi connectivity index (χ0n) is 10.3. The molecule has 0 aromatic rings. The number of hydrogen-bond acceptors (Lipinski definition) is 1. The molecule has 0 N–H and O–H groups in total. The van der Waals surface area contributed by atoms with Gasteiger partial charge in [-0.3, -0.25) is 0 Å². The van der Waals surface area contributed by atoms with Crippen LogP contribution in [0.2, 0.25) is 0 Å². The fourth-order valence-corrected chi connectivity index (χ4v) is 2.40. The van der Waals surface area contributed by atoms with Crippen molar-refractivity contribution in [1.29, 1.82) is 0 Å². The van der Waals surface area contributed by atoms with E-state index in [0.29, 0.717) is 6.42 Å². The maximum atomic E-state index is 10.3. The third-order valence-electron chi connectivity index (χ3n) is 3.92. The lowest BCUT2D eigenvalue weighted by atomic mass is 9.76. The van der Waals surface area contributed by atoms with Crippen molar-refractivity contribution in [3.05, 3.63) is 11.6 Å². The smallest absolute Gasteiger partial charge is 0.120 e. The molecule has 0 aliphatic heterocycles. The van der Waals surface area contributed by atoms with Gasteiger partial charge in [-0.15, -0.1) is 0 Å². The second-order valence-corrected chi connectivity index (χ2v) is 5.21. The van der Waals surface area contributed by atoms with Crippen molar-refractivity contribution < 1.29 is 4.79 Å². The number of carbonyl (C=O) groups is 1. The molecule has 2 unspecified atom stereocenters. The molecule has 2 atom stereocenters. The Morgan fingerprint density at radius 1 is 1.47 bits per heavy atom. The van der Waals surface area contributed by atoms with Crippen molar-refractivity contribution in [2.24, 2.45) is 17.8 Å². The van der Waals surface area contributed by atoms with Crippen molar-refractivity contribution in [2.45, 2.75) is 52.9 Å². The van der Waals surface area contributed by atoms with Gasteiger partial charge in [0.05, 0.1) is 0 Å². The molecule has 0 saturated heterocycles. The van der Waals surface area contributed by atoms with Crippen LogP contribution in [-0.4, -0.2) is 6.29 Å². The molecule has 0 heterocycles. The Balaban J connectivity index is 2.39. The van der Waals surface area contributed by atoms with Gasteiger partial charge >= 0.3 is 0 Å². The van der Waals surface area contributed by atoms with E-state index in [1.54, 1.807) is 0 Å². The first-order valence-electron chi connectivity index (χ1n) is 6.26. The van der Waals surface area contributed by atoms with Gasteiger partial charge in [0.2, 0.25) is 0 Å². The summed E-state index contributed by atoms with van der Waals surface area (Å²) in [6.07, 6.45) is 8.88. The van der Waals surface area contributed by atoms with E-state index in [9.17, 15) is 4.79 Å². The topological polar surface area (TPSA) is 17.1 Å². The molecule has 1 rings (SSSR count). The number of aldehydes is 1. The van der Waals surface area contributed by atoms with Crippen LogP contribution in [0.4, 0.5) is 0 Å². The molecular formula is C14H24O. The van der Waals surface area contributed by atoms with Gasteiger partial charge in [0, 0.05) is 6.42 Å². The minimum absolute atomic E-state index is 0.705. The number of carbonyl (C=O) groups excluding carboxylic acids is 1. The van der Waals surface area contributed by atoms with Crippen molar-refractivity contribution >= 4 is 6.29 Å². The van der Waals surface area contributed by atoms with Crippen LogP contribution >= 0.6 is 0 Å². The van der Waals surface area contributed by atoms with Crippen LogP contribution < -0.4 is 0 Å². The largest absolute Gasteiger partial charge is 0.303 e. The fourth-order valence-electron chi connectivity index (χ4n) is 2.40. The number of allylic oxidation sites excluding steroid dienone is 2. The summed E-state index contributed by atoms with van der Waals surface area (Å²) in [5.74, 6) is 2.48. The van der Waals surface area contributed by atoms with Crippen LogP contribution in [-0.2, 0) is 4.79 Å². The maximum Gasteiger partial charge on any atom is 0.120 e. The van der Waals surface area contributed by atoms with E-state index in [0.717, 1.165) is 30.5 Å². The number of hydrogen-bond donors (Lipinski definition) is 0. The highest BCUT2D eigenvalue weighted by atomic mass is 16.1. The van der Waals surface area contributed by atoms with Crippen LogP contribution in [0, 0.1) is 17.8 Å². The molecule has 15 heavy (non-hydrogen) atoms. The fraction of sp³-hybridized carbons (Fsp3) is 0.786. The maximum absolute atomic E-state index is 10.3. The zero-order chi connectivity index (χ0) is 11.3. The molecule has 1 nitrogen and oxygen atoms in total. The van der Waals surface area contributed by atoms with Gasteiger partial charge in [-0.05, 0) is 43.4 Å². The minimum atomic E-state index is 0.705. The third kappa shape index (κ3) is 3.81. The van der Waals surface area contributed by atoms with E-state index < -0.39 is 0 Å². The van der Waals surface area contributed by atoms with Crippen molar-refractivity contribution in [3.8, 4) is 0 Å². The van der Waals surface area contributed by atoms with Gasteiger partial charge < -0.3 is 4.79 Å². The first kappa shape index (κ1) is 12.5. The summed E-state index contributed by atoms with van der Waals surface area (Å²) in [4.78, 5) is 10.3. The predicted molar refractivity (Wildman–Crippen MR) is 64.7 cm³/mol. The quantitative estimate of drug-likeness (QED) is 0.493. The Morgan fingerprint density at radius 2 is 2.20 bits per heavy atom. The normalized spacial score (nSPS) is 23.7. The summed E-state index contributed by atoms with van der Waals surface area (Å²) in [5.41, 5.74) is 1.51. The molecule has 86 valence electrons. The minimum Gasteiger partial charge on any atom is -0.303 e. The van der Waals surface area contributed by atoms with E-state index in [4.69, 9.17) is 0 Å². The molecule has 1 aliphatic rings. The molecule has 0 spiro atoms. The lowest BCUT2D eigenvalue weighted by Gasteiger charge is -2.29. The van der Waals surface area contributed by atoms with E-state index in [1.807, 2.05) is 0 Å². The summed E-state index contributed by atoms with van der Waals surface area (Å²) in [7, 11) is 0. The van der Waals surface area contributed by atoms with Gasteiger partial charge in [0.15, 0.2) is 0 Å². The standard InChI is InChI=1S/C14H24O/c1-11(2)12(3)14-8-6-13(7-9-14)5-4-10-15/h6,10-12,14H,4-5,7-9H2,1-3H3. The molecule has 0 fully saturated rings. The van der Waals surface area contributed by atoms with Crippen molar-refractivity contribution in [2.75, 3.05) is 0 Å². The van der Waals surface area contributed by atoms with Gasteiger partial charge in [0.25, 0.3) is 0 Å². The molecule has 1 aliphatic carbocycles. The van der Waals surface area contributed by atoms with E-state index in [2.05, 4.69) is 26.8 Å². The van der Waals surface area contributed by atoms with E-state index in [1.165, 1.54) is 24.8 Å². The number of rotatable bonds is 5. The van der Waals surface area contributed by atoms with E-state index >= 15 is 0 Å². The van der Waals surface area contributed by atoms with Gasteiger partial charge in [-0.2, -0.15) is 0 Å². The molecule has 0 aromatic heterocycles. The average molecular weight is 208 g/mol. The van der Waals surface area contributed by atoms with Crippen LogP contribution in [0.1, 0.15) is 52.9 Å². The molecular weight excluding hydrogens is 184 g/mol. The molecule has 1 heteroatoms. The summed E-state index contributed by atoms with van der Waals surface area (Å²) < 4.78 is 0. The summed E-state index contributed by atoms with van der Waals surface area (Å²) in [6.45, 7) is 7.01. The molecule has 0 bridgehead atoms. The van der Waals surface area contributed by atoms with Crippen molar-refractivity contribution in [1.82, 2.24) is 0 Å². The van der Waals surface area contributed by atoms with E-state index in [-0.39, 0.29) is 0 Å². The average Bonchev–Trinajstić information content (AvgIpc) is 2.26. The second kappa shape index (κ2) is 6.09. The summed E-state index contributed by atoms with van der Waals surface area (Å²) in [5, 5.41) is 0. The van der Waals surface area contributed by atoms with Crippen LogP contribution in [0.25, 0.3) is 0 Å². The highest BCUT2D eigenvalue weighted by Gasteiger charge is 2.22. The Bertz CT molecular complexity index is 227. The SMILES string of the molecule is CC(C)C(C)C1CC=C(CCC=O)CC1. The Kier molecular flexibility index (Phi) is 5.07. The molecule has 0 radical (unpaired) electrons. The monoisotopic (exact) mass is 208 g/mol.